The minimum atomic E-state index is -4.48. The van der Waals surface area contributed by atoms with E-state index in [2.05, 4.69) is 25.6 Å². The van der Waals surface area contributed by atoms with Crippen molar-refractivity contribution in [3.63, 3.8) is 0 Å². The van der Waals surface area contributed by atoms with Crippen LogP contribution in [0.5, 0.6) is 0 Å². The molecule has 0 unspecified atom stereocenters. The molecular formula is C11H7F3N6O. The second kappa shape index (κ2) is 4.65. The lowest BCUT2D eigenvalue weighted by atomic mass is 10.1. The molecule has 0 saturated carbocycles. The van der Waals surface area contributed by atoms with E-state index in [4.69, 9.17) is 0 Å². The van der Waals surface area contributed by atoms with Gasteiger partial charge in [0.05, 0.1) is 29.3 Å². The number of nitrogens with one attached hydrogen (secondary N) is 1. The van der Waals surface area contributed by atoms with Crippen LogP contribution in [0.4, 0.5) is 13.2 Å². The zero-order valence-corrected chi connectivity index (χ0v) is 10.3. The number of tetrazole rings is 1. The van der Waals surface area contributed by atoms with Crippen LogP contribution in [0, 0.1) is 0 Å². The summed E-state index contributed by atoms with van der Waals surface area (Å²) in [5.74, 6) is 0.269. The Morgan fingerprint density at radius 1 is 1.29 bits per heavy atom. The third-order valence-corrected chi connectivity index (χ3v) is 2.85. The minimum Gasteiger partial charge on any atom is -0.291 e. The summed E-state index contributed by atoms with van der Waals surface area (Å²) < 4.78 is 39.0. The number of rotatable bonds is 2. The van der Waals surface area contributed by atoms with Crippen LogP contribution < -0.4 is 5.56 Å². The number of benzene rings is 1. The van der Waals surface area contributed by atoms with E-state index in [1.54, 1.807) is 0 Å². The molecular weight excluding hydrogens is 289 g/mol. The van der Waals surface area contributed by atoms with Gasteiger partial charge in [0.15, 0.2) is 5.82 Å². The largest absolute Gasteiger partial charge is 0.416 e. The maximum absolute atomic E-state index is 12.6. The van der Waals surface area contributed by atoms with E-state index < -0.39 is 17.3 Å². The van der Waals surface area contributed by atoms with Crippen LogP contribution in [0.15, 0.2) is 29.3 Å². The molecule has 1 N–H and O–H groups in total. The molecule has 0 radical (unpaired) electrons. The molecule has 0 aliphatic heterocycles. The molecule has 3 aromatic rings. The molecule has 2 aromatic heterocycles. The van der Waals surface area contributed by atoms with Crippen LogP contribution in [-0.4, -0.2) is 30.2 Å². The molecule has 0 spiro atoms. The normalized spacial score (nSPS) is 12.0. The molecule has 7 nitrogen and oxygen atoms in total. The van der Waals surface area contributed by atoms with Gasteiger partial charge in [0.1, 0.15) is 0 Å². The molecule has 3 rings (SSSR count). The second-order valence-corrected chi connectivity index (χ2v) is 4.24. The summed E-state index contributed by atoms with van der Waals surface area (Å²) in [6.07, 6.45) is -3.32. The molecule has 0 atom stereocenters. The average molecular weight is 296 g/mol. The fourth-order valence-electron chi connectivity index (χ4n) is 1.85. The Kier molecular flexibility index (Phi) is 2.92. The molecule has 10 heteroatoms. The quantitative estimate of drug-likeness (QED) is 0.761. The zero-order valence-electron chi connectivity index (χ0n) is 10.3. The van der Waals surface area contributed by atoms with Gasteiger partial charge < -0.3 is 0 Å². The molecule has 0 aliphatic carbocycles. The second-order valence-electron chi connectivity index (χ2n) is 4.24. The molecule has 0 bridgehead atoms. The first-order chi connectivity index (χ1) is 9.95. The molecule has 21 heavy (non-hydrogen) atoms. The van der Waals surface area contributed by atoms with E-state index in [0.29, 0.717) is 0 Å². The number of fused-ring (bicyclic) bond motifs is 1. The van der Waals surface area contributed by atoms with Gasteiger partial charge in [-0.25, -0.2) is 4.98 Å². The van der Waals surface area contributed by atoms with Gasteiger partial charge in [0, 0.05) is 0 Å². The molecule has 0 fully saturated rings. The monoisotopic (exact) mass is 296 g/mol. The fraction of sp³-hybridized carbons (Fsp3) is 0.182. The average Bonchev–Trinajstić information content (AvgIpc) is 2.93. The van der Waals surface area contributed by atoms with Crippen LogP contribution in [-0.2, 0) is 12.7 Å². The van der Waals surface area contributed by atoms with Crippen LogP contribution >= 0.6 is 0 Å². The Morgan fingerprint density at radius 2 is 2.10 bits per heavy atom. The van der Waals surface area contributed by atoms with Crippen LogP contribution in [0.25, 0.3) is 10.9 Å². The van der Waals surface area contributed by atoms with Crippen molar-refractivity contribution in [1.82, 2.24) is 30.2 Å². The summed E-state index contributed by atoms with van der Waals surface area (Å²) in [6.45, 7) is 0.0271. The standard InChI is InChI=1S/C11H7F3N6O/c12-11(13,14)6-1-2-7-8(3-6)15-5-20(10(7)21)4-9-16-18-19-17-9/h1-3,5H,4H2,(H,16,17,18,19). The van der Waals surface area contributed by atoms with E-state index in [1.165, 1.54) is 4.57 Å². The number of alkyl halides is 3. The first-order valence-electron chi connectivity index (χ1n) is 5.74. The lowest BCUT2D eigenvalue weighted by Crippen LogP contribution is -2.22. The van der Waals surface area contributed by atoms with Crippen LogP contribution in [0.1, 0.15) is 11.4 Å². The van der Waals surface area contributed by atoms with E-state index in [9.17, 15) is 18.0 Å². The Labute approximate surface area is 114 Å². The van der Waals surface area contributed by atoms with E-state index in [-0.39, 0.29) is 23.3 Å². The van der Waals surface area contributed by atoms with E-state index >= 15 is 0 Å². The van der Waals surface area contributed by atoms with E-state index in [0.717, 1.165) is 24.5 Å². The van der Waals surface area contributed by atoms with Gasteiger partial charge in [0.25, 0.3) is 5.56 Å². The van der Waals surface area contributed by atoms with Gasteiger partial charge in [0.2, 0.25) is 0 Å². The highest BCUT2D eigenvalue weighted by atomic mass is 19.4. The van der Waals surface area contributed by atoms with Crippen molar-refractivity contribution < 1.29 is 13.2 Å². The highest BCUT2D eigenvalue weighted by molar-refractivity contribution is 5.78. The number of hydrogen-bond donors (Lipinski definition) is 1. The van der Waals surface area contributed by atoms with Crippen molar-refractivity contribution in [3.05, 3.63) is 46.3 Å². The van der Waals surface area contributed by atoms with Crippen molar-refractivity contribution >= 4 is 10.9 Å². The molecule has 0 aliphatic rings. The highest BCUT2D eigenvalue weighted by Gasteiger charge is 2.30. The predicted molar refractivity (Wildman–Crippen MR) is 64.3 cm³/mol. The Balaban J connectivity index is 2.07. The third kappa shape index (κ3) is 2.47. The van der Waals surface area contributed by atoms with Crippen molar-refractivity contribution in [2.24, 2.45) is 0 Å². The number of H-pyrrole nitrogens is 1. The molecule has 0 amide bonds. The number of halogens is 3. The smallest absolute Gasteiger partial charge is 0.291 e. The summed E-state index contributed by atoms with van der Waals surface area (Å²) in [5.41, 5.74) is -1.34. The van der Waals surface area contributed by atoms with Gasteiger partial charge in [-0.15, -0.1) is 10.2 Å². The summed E-state index contributed by atoms with van der Waals surface area (Å²) in [5, 5.41) is 13.1. The maximum atomic E-state index is 12.6. The maximum Gasteiger partial charge on any atom is 0.416 e. The summed E-state index contributed by atoms with van der Waals surface area (Å²) >= 11 is 0. The van der Waals surface area contributed by atoms with Crippen LogP contribution in [0.2, 0.25) is 0 Å². The topological polar surface area (TPSA) is 89.4 Å². The first kappa shape index (κ1) is 13.2. The minimum absolute atomic E-state index is 0.0146. The third-order valence-electron chi connectivity index (χ3n) is 2.85. The fourth-order valence-corrected chi connectivity index (χ4v) is 1.85. The summed E-state index contributed by atoms with van der Waals surface area (Å²) in [6, 6.07) is 2.81. The van der Waals surface area contributed by atoms with Crippen molar-refractivity contribution in [1.29, 1.82) is 0 Å². The van der Waals surface area contributed by atoms with Crippen molar-refractivity contribution in [2.75, 3.05) is 0 Å². The summed E-state index contributed by atoms with van der Waals surface area (Å²) in [4.78, 5) is 16.0. The first-order valence-corrected chi connectivity index (χ1v) is 5.74. The predicted octanol–water partition coefficient (Wildman–Crippen LogP) is 0.977. The van der Waals surface area contributed by atoms with Gasteiger partial charge in [-0.05, 0) is 18.2 Å². The molecule has 0 saturated heterocycles. The highest BCUT2D eigenvalue weighted by Crippen LogP contribution is 2.30. The Morgan fingerprint density at radius 3 is 2.76 bits per heavy atom. The van der Waals surface area contributed by atoms with Crippen LogP contribution in [0.3, 0.4) is 0 Å². The molecule has 1 aromatic carbocycles. The van der Waals surface area contributed by atoms with Crippen molar-refractivity contribution in [2.45, 2.75) is 12.7 Å². The molecule has 2 heterocycles. The Hall–Kier alpha value is -2.78. The van der Waals surface area contributed by atoms with Gasteiger partial charge >= 0.3 is 6.18 Å². The van der Waals surface area contributed by atoms with Gasteiger partial charge in [-0.2, -0.15) is 18.4 Å². The lowest BCUT2D eigenvalue weighted by molar-refractivity contribution is -0.137. The number of aromatic nitrogens is 6. The number of nitrogens with zero attached hydrogens (tertiary/aromatic N) is 5. The Bertz CT molecular complexity index is 839. The van der Waals surface area contributed by atoms with Gasteiger partial charge in [-0.3, -0.25) is 9.36 Å². The SMILES string of the molecule is O=c1c2ccc(C(F)(F)F)cc2ncn1Cc1nn[nH]n1. The number of hydrogen-bond acceptors (Lipinski definition) is 5. The zero-order chi connectivity index (χ0) is 15.0. The lowest BCUT2D eigenvalue weighted by Gasteiger charge is -2.08. The van der Waals surface area contributed by atoms with E-state index in [1.807, 2.05) is 0 Å². The van der Waals surface area contributed by atoms with Gasteiger partial charge in [-0.1, -0.05) is 5.21 Å². The van der Waals surface area contributed by atoms with Crippen molar-refractivity contribution in [3.8, 4) is 0 Å². The molecule has 108 valence electrons. The number of aromatic amines is 1. The summed E-state index contributed by atoms with van der Waals surface area (Å²) in [7, 11) is 0.